The number of methoxy groups -OCH3 is 2. The first-order valence-corrected chi connectivity index (χ1v) is 12.5. The first kappa shape index (κ1) is 28.0. The van der Waals surface area contributed by atoms with Gasteiger partial charge in [0.2, 0.25) is 0 Å². The molecule has 2 heterocycles. The van der Waals surface area contributed by atoms with Gasteiger partial charge in [-0.05, 0) is 18.6 Å². The van der Waals surface area contributed by atoms with Crippen LogP contribution in [-0.2, 0) is 14.3 Å². The van der Waals surface area contributed by atoms with Crippen LogP contribution in [0.2, 0.25) is 0 Å². The molecule has 1 aliphatic heterocycles. The van der Waals surface area contributed by atoms with Crippen molar-refractivity contribution in [1.29, 1.82) is 0 Å². The summed E-state index contributed by atoms with van der Waals surface area (Å²) in [6, 6.07) is 5.18. The molecule has 1 aromatic heterocycles. The molecule has 3 rings (SSSR count). The number of aromatic nitrogens is 1. The third kappa shape index (κ3) is 7.45. The van der Waals surface area contributed by atoms with Gasteiger partial charge in [-0.25, -0.2) is 4.98 Å². The number of rotatable bonds is 8. The molecule has 0 aliphatic carbocycles. The number of amides is 2. The fraction of sp³-hybridized carbons (Fsp3) is 0.409. The summed E-state index contributed by atoms with van der Waals surface area (Å²) in [4.78, 5) is 31.2. The number of hydrogen-bond acceptors (Lipinski definition) is 9. The molecule has 0 spiro atoms. The maximum absolute atomic E-state index is 13.1. The standard InChI is InChI=1S/C22H24F3N3O8S/c1-33-17-10-13(11-26-20(17)34-2)21(30)28-9-8-15(18(12-28)36-37(3,31)32)27-19(29)14-6-4-5-7-16(14)35-22(23,24)25/h4-7,10-11,15,18H,8-9,12H2,1-3H3,(H,27,29)/t15-,18-/m1/s1. The van der Waals surface area contributed by atoms with Crippen LogP contribution in [0.15, 0.2) is 36.5 Å². The third-order valence-corrected chi connectivity index (χ3v) is 5.89. The zero-order valence-corrected chi connectivity index (χ0v) is 20.8. The minimum atomic E-state index is -5.02. The molecule has 1 aromatic carbocycles. The molecule has 0 saturated carbocycles. The monoisotopic (exact) mass is 547 g/mol. The summed E-state index contributed by atoms with van der Waals surface area (Å²) in [6.45, 7) is -0.172. The van der Waals surface area contributed by atoms with Gasteiger partial charge in [-0.3, -0.25) is 13.8 Å². The van der Waals surface area contributed by atoms with Crippen LogP contribution < -0.4 is 19.5 Å². The van der Waals surface area contributed by atoms with Crippen molar-refractivity contribution >= 4 is 21.9 Å². The largest absolute Gasteiger partial charge is 0.573 e. The Morgan fingerprint density at radius 1 is 1.14 bits per heavy atom. The fourth-order valence-electron chi connectivity index (χ4n) is 3.73. The van der Waals surface area contributed by atoms with E-state index < -0.39 is 51.8 Å². The molecule has 2 amide bonds. The van der Waals surface area contributed by atoms with Crippen molar-refractivity contribution in [2.24, 2.45) is 0 Å². The zero-order chi connectivity index (χ0) is 27.4. The molecular formula is C22H24F3N3O8S. The average Bonchev–Trinajstić information content (AvgIpc) is 2.82. The van der Waals surface area contributed by atoms with Crippen molar-refractivity contribution in [3.05, 3.63) is 47.7 Å². The molecule has 0 radical (unpaired) electrons. The van der Waals surface area contributed by atoms with Gasteiger partial charge in [-0.2, -0.15) is 8.42 Å². The fourth-order valence-corrected chi connectivity index (χ4v) is 4.38. The number of carbonyl (C=O) groups excluding carboxylic acids is 2. The van der Waals surface area contributed by atoms with E-state index in [-0.39, 0.29) is 36.7 Å². The summed E-state index contributed by atoms with van der Waals surface area (Å²) >= 11 is 0. The van der Waals surface area contributed by atoms with Crippen LogP contribution in [-0.4, -0.2) is 82.2 Å². The normalized spacial score (nSPS) is 18.2. The van der Waals surface area contributed by atoms with Gasteiger partial charge >= 0.3 is 6.36 Å². The van der Waals surface area contributed by atoms with Crippen molar-refractivity contribution in [3.8, 4) is 17.4 Å². The maximum atomic E-state index is 13.1. The molecule has 0 unspecified atom stereocenters. The number of carbonyl (C=O) groups is 2. The van der Waals surface area contributed by atoms with Crippen molar-refractivity contribution in [2.45, 2.75) is 24.9 Å². The lowest BCUT2D eigenvalue weighted by Gasteiger charge is -2.38. The van der Waals surface area contributed by atoms with E-state index in [1.165, 1.54) is 43.5 Å². The van der Waals surface area contributed by atoms with Crippen molar-refractivity contribution in [3.63, 3.8) is 0 Å². The Hall–Kier alpha value is -3.59. The molecule has 37 heavy (non-hydrogen) atoms. The van der Waals surface area contributed by atoms with Crippen LogP contribution in [0.1, 0.15) is 27.1 Å². The quantitative estimate of drug-likeness (QED) is 0.493. The lowest BCUT2D eigenvalue weighted by atomic mass is 10.0. The highest BCUT2D eigenvalue weighted by molar-refractivity contribution is 7.86. The van der Waals surface area contributed by atoms with E-state index in [0.29, 0.717) is 0 Å². The summed E-state index contributed by atoms with van der Waals surface area (Å²) in [5, 5.41) is 2.50. The Morgan fingerprint density at radius 2 is 1.84 bits per heavy atom. The highest BCUT2D eigenvalue weighted by atomic mass is 32.2. The molecule has 1 fully saturated rings. The summed E-state index contributed by atoms with van der Waals surface area (Å²) in [5.41, 5.74) is -0.274. The minimum absolute atomic E-state index is 0.0423. The lowest BCUT2D eigenvalue weighted by Crippen LogP contribution is -2.56. The van der Waals surface area contributed by atoms with Gasteiger partial charge in [-0.1, -0.05) is 12.1 Å². The van der Waals surface area contributed by atoms with Gasteiger partial charge in [0.05, 0.1) is 44.2 Å². The van der Waals surface area contributed by atoms with E-state index in [2.05, 4.69) is 15.0 Å². The summed E-state index contributed by atoms with van der Waals surface area (Å²) in [6.07, 6.45) is -4.14. The molecule has 1 saturated heterocycles. The molecular weight excluding hydrogens is 523 g/mol. The van der Waals surface area contributed by atoms with Crippen LogP contribution in [0, 0.1) is 0 Å². The molecule has 1 N–H and O–H groups in total. The summed E-state index contributed by atoms with van der Waals surface area (Å²) in [7, 11) is -1.28. The lowest BCUT2D eigenvalue weighted by molar-refractivity contribution is -0.274. The Morgan fingerprint density at radius 3 is 2.46 bits per heavy atom. The van der Waals surface area contributed by atoms with E-state index >= 15 is 0 Å². The Balaban J connectivity index is 1.80. The SMILES string of the molecule is COc1cc(C(=O)N2CC[C@@H](NC(=O)c3ccccc3OC(F)(F)F)[C@H](OS(C)(=O)=O)C2)cnc1OC. The van der Waals surface area contributed by atoms with Crippen molar-refractivity contribution in [2.75, 3.05) is 33.6 Å². The molecule has 15 heteroatoms. The topological polar surface area (TPSA) is 133 Å². The number of ether oxygens (including phenoxy) is 3. The first-order valence-electron chi connectivity index (χ1n) is 10.7. The number of piperidine rings is 1. The highest BCUT2D eigenvalue weighted by Gasteiger charge is 2.37. The van der Waals surface area contributed by atoms with Crippen molar-refractivity contribution in [1.82, 2.24) is 15.2 Å². The van der Waals surface area contributed by atoms with Crippen LogP contribution >= 0.6 is 0 Å². The smallest absolute Gasteiger partial charge is 0.491 e. The Kier molecular flexibility index (Phi) is 8.48. The van der Waals surface area contributed by atoms with Crippen LogP contribution in [0.4, 0.5) is 13.2 Å². The molecule has 202 valence electrons. The summed E-state index contributed by atoms with van der Waals surface area (Å²) < 4.78 is 81.3. The average molecular weight is 548 g/mol. The second kappa shape index (κ2) is 11.2. The number of pyridine rings is 1. The molecule has 2 atom stereocenters. The number of hydrogen-bond donors (Lipinski definition) is 1. The number of likely N-dealkylation sites (tertiary alicyclic amines) is 1. The molecule has 11 nitrogen and oxygen atoms in total. The number of benzene rings is 1. The third-order valence-electron chi connectivity index (χ3n) is 5.30. The van der Waals surface area contributed by atoms with E-state index in [0.717, 1.165) is 18.4 Å². The second-order valence-electron chi connectivity index (χ2n) is 7.94. The van der Waals surface area contributed by atoms with E-state index in [1.807, 2.05) is 0 Å². The minimum Gasteiger partial charge on any atom is -0.491 e. The molecule has 1 aliphatic rings. The highest BCUT2D eigenvalue weighted by Crippen LogP contribution is 2.28. The predicted molar refractivity (Wildman–Crippen MR) is 122 cm³/mol. The van der Waals surface area contributed by atoms with Crippen LogP contribution in [0.3, 0.4) is 0 Å². The predicted octanol–water partition coefficient (Wildman–Crippen LogP) is 1.99. The van der Waals surface area contributed by atoms with Gasteiger partial charge in [0.25, 0.3) is 27.8 Å². The Labute approximate surface area is 210 Å². The van der Waals surface area contributed by atoms with Crippen LogP contribution in [0.25, 0.3) is 0 Å². The Bertz CT molecular complexity index is 1260. The van der Waals surface area contributed by atoms with E-state index in [1.54, 1.807) is 0 Å². The maximum Gasteiger partial charge on any atom is 0.573 e. The van der Waals surface area contributed by atoms with E-state index in [4.69, 9.17) is 13.7 Å². The zero-order valence-electron chi connectivity index (χ0n) is 19.9. The molecule has 0 bridgehead atoms. The number of nitrogens with one attached hydrogen (secondary N) is 1. The number of para-hydroxylation sites is 1. The number of alkyl halides is 3. The number of nitrogens with zero attached hydrogens (tertiary/aromatic N) is 2. The van der Waals surface area contributed by atoms with E-state index in [9.17, 15) is 31.2 Å². The van der Waals surface area contributed by atoms with Gasteiger partial charge in [0, 0.05) is 18.8 Å². The van der Waals surface area contributed by atoms with Gasteiger partial charge in [0.1, 0.15) is 11.9 Å². The summed E-state index contributed by atoms with van der Waals surface area (Å²) in [5.74, 6) is -1.80. The van der Waals surface area contributed by atoms with Gasteiger partial charge in [-0.15, -0.1) is 13.2 Å². The first-order chi connectivity index (χ1) is 17.3. The van der Waals surface area contributed by atoms with Crippen molar-refractivity contribution < 1.29 is 49.6 Å². The van der Waals surface area contributed by atoms with Gasteiger partial charge in [0.15, 0.2) is 5.75 Å². The number of halogens is 3. The molecule has 2 aromatic rings. The second-order valence-corrected chi connectivity index (χ2v) is 9.54. The van der Waals surface area contributed by atoms with Gasteiger partial charge < -0.3 is 24.4 Å². The van der Waals surface area contributed by atoms with Crippen LogP contribution in [0.5, 0.6) is 17.4 Å².